The molecule has 0 bridgehead atoms. The van der Waals surface area contributed by atoms with Crippen molar-refractivity contribution in [3.8, 4) is 6.07 Å². The fourth-order valence-corrected chi connectivity index (χ4v) is 2.64. The average Bonchev–Trinajstić information content (AvgIpc) is 2.55. The minimum Gasteiger partial charge on any atom is -0.325 e. The summed E-state index contributed by atoms with van der Waals surface area (Å²) in [5.41, 5.74) is 2.87. The van der Waals surface area contributed by atoms with Crippen molar-refractivity contribution in [3.05, 3.63) is 59.7 Å². The maximum atomic E-state index is 11.8. The topological polar surface area (TPSA) is 82.0 Å². The zero-order chi connectivity index (χ0) is 17.4. The van der Waals surface area contributed by atoms with Crippen LogP contribution < -0.4 is 10.6 Å². The van der Waals surface area contributed by atoms with Crippen molar-refractivity contribution in [2.24, 2.45) is 0 Å². The number of thioether (sulfide) groups is 1. The highest BCUT2D eigenvalue weighted by Crippen LogP contribution is 2.12. The lowest BCUT2D eigenvalue weighted by Gasteiger charge is -2.07. The first-order valence-electron chi connectivity index (χ1n) is 7.31. The van der Waals surface area contributed by atoms with Gasteiger partial charge in [0.2, 0.25) is 11.8 Å². The maximum absolute atomic E-state index is 11.8. The summed E-state index contributed by atoms with van der Waals surface area (Å²) in [6, 6.07) is 16.2. The molecule has 122 valence electrons. The third-order valence-corrected chi connectivity index (χ3v) is 3.98. The molecule has 2 aromatic carbocycles. The van der Waals surface area contributed by atoms with Gasteiger partial charge in [0.15, 0.2) is 0 Å². The van der Waals surface area contributed by atoms with Crippen molar-refractivity contribution in [2.45, 2.75) is 6.92 Å². The Morgan fingerprint density at radius 1 is 1.00 bits per heavy atom. The number of carbonyl (C=O) groups excluding carboxylic acids is 2. The zero-order valence-electron chi connectivity index (χ0n) is 13.2. The summed E-state index contributed by atoms with van der Waals surface area (Å²) in [7, 11) is 0. The summed E-state index contributed by atoms with van der Waals surface area (Å²) in [6.45, 7) is 1.95. The number of anilines is 2. The molecule has 0 saturated carbocycles. The molecule has 0 unspecified atom stereocenters. The predicted molar refractivity (Wildman–Crippen MR) is 96.9 cm³/mol. The van der Waals surface area contributed by atoms with Crippen molar-refractivity contribution >= 4 is 35.0 Å². The van der Waals surface area contributed by atoms with Crippen molar-refractivity contribution in [1.82, 2.24) is 0 Å². The lowest BCUT2D eigenvalue weighted by molar-refractivity contribution is -0.114. The summed E-state index contributed by atoms with van der Waals surface area (Å²) < 4.78 is 0. The predicted octanol–water partition coefficient (Wildman–Crippen LogP) is 3.18. The molecule has 0 heterocycles. The van der Waals surface area contributed by atoms with Gasteiger partial charge >= 0.3 is 0 Å². The van der Waals surface area contributed by atoms with Crippen LogP contribution in [-0.4, -0.2) is 23.3 Å². The smallest absolute Gasteiger partial charge is 0.234 e. The van der Waals surface area contributed by atoms with E-state index in [1.165, 1.54) is 11.8 Å². The molecule has 0 fully saturated rings. The van der Waals surface area contributed by atoms with E-state index in [1.807, 2.05) is 37.3 Å². The third-order valence-electron chi connectivity index (χ3n) is 3.04. The molecule has 0 aliphatic rings. The van der Waals surface area contributed by atoms with E-state index < -0.39 is 0 Å². The van der Waals surface area contributed by atoms with Crippen LogP contribution >= 0.6 is 11.8 Å². The first kappa shape index (κ1) is 17.6. The molecule has 0 saturated heterocycles. The summed E-state index contributed by atoms with van der Waals surface area (Å²) in [4.78, 5) is 23.7. The Labute approximate surface area is 145 Å². The molecule has 24 heavy (non-hydrogen) atoms. The maximum Gasteiger partial charge on any atom is 0.234 e. The summed E-state index contributed by atoms with van der Waals surface area (Å²) in [5.74, 6) is 0.000712. The van der Waals surface area contributed by atoms with E-state index in [0.29, 0.717) is 11.3 Å². The van der Waals surface area contributed by atoms with Crippen molar-refractivity contribution in [3.63, 3.8) is 0 Å². The molecule has 0 aliphatic carbocycles. The van der Waals surface area contributed by atoms with Crippen LogP contribution in [0.5, 0.6) is 0 Å². The molecule has 0 aromatic heterocycles. The van der Waals surface area contributed by atoms with Gasteiger partial charge in [-0.2, -0.15) is 5.26 Å². The Kier molecular flexibility index (Phi) is 6.41. The van der Waals surface area contributed by atoms with Crippen molar-refractivity contribution in [1.29, 1.82) is 5.26 Å². The molecular weight excluding hydrogens is 322 g/mol. The third kappa shape index (κ3) is 5.78. The van der Waals surface area contributed by atoms with Gasteiger partial charge in [0, 0.05) is 11.4 Å². The van der Waals surface area contributed by atoms with Gasteiger partial charge in [0.25, 0.3) is 0 Å². The van der Waals surface area contributed by atoms with Crippen LogP contribution in [0.3, 0.4) is 0 Å². The van der Waals surface area contributed by atoms with Gasteiger partial charge < -0.3 is 10.6 Å². The van der Waals surface area contributed by atoms with Gasteiger partial charge in [-0.05, 0) is 42.8 Å². The zero-order valence-corrected chi connectivity index (χ0v) is 14.0. The molecule has 0 radical (unpaired) electrons. The first-order valence-corrected chi connectivity index (χ1v) is 8.46. The molecule has 6 heteroatoms. The Balaban J connectivity index is 1.74. The van der Waals surface area contributed by atoms with Gasteiger partial charge in [-0.1, -0.05) is 18.2 Å². The molecule has 0 spiro atoms. The van der Waals surface area contributed by atoms with Crippen molar-refractivity contribution < 1.29 is 9.59 Å². The normalized spacial score (nSPS) is 9.83. The van der Waals surface area contributed by atoms with Gasteiger partial charge in [-0.15, -0.1) is 11.8 Å². The number of hydrogen-bond acceptors (Lipinski definition) is 4. The molecule has 0 aliphatic heterocycles. The van der Waals surface area contributed by atoms with Gasteiger partial charge in [0.05, 0.1) is 23.1 Å². The highest BCUT2D eigenvalue weighted by molar-refractivity contribution is 8.00. The van der Waals surface area contributed by atoms with Gasteiger partial charge in [0.1, 0.15) is 0 Å². The number of benzene rings is 2. The van der Waals surface area contributed by atoms with E-state index in [0.717, 1.165) is 11.3 Å². The van der Waals surface area contributed by atoms with Crippen LogP contribution in [0.1, 0.15) is 11.1 Å². The van der Waals surface area contributed by atoms with E-state index >= 15 is 0 Å². The Morgan fingerprint density at radius 3 is 2.17 bits per heavy atom. The lowest BCUT2D eigenvalue weighted by Crippen LogP contribution is -2.18. The number of nitrogens with one attached hydrogen (secondary N) is 2. The number of rotatable bonds is 6. The second kappa shape index (κ2) is 8.75. The summed E-state index contributed by atoms with van der Waals surface area (Å²) in [5, 5.41) is 14.3. The van der Waals surface area contributed by atoms with Gasteiger partial charge in [-0.3, -0.25) is 9.59 Å². The molecular formula is C18H17N3O2S. The van der Waals surface area contributed by atoms with Crippen LogP contribution in [0.25, 0.3) is 0 Å². The molecule has 2 rings (SSSR count). The fourth-order valence-electron chi connectivity index (χ4n) is 2.02. The Hall–Kier alpha value is -2.78. The highest BCUT2D eigenvalue weighted by atomic mass is 32.2. The summed E-state index contributed by atoms with van der Waals surface area (Å²) in [6.07, 6.45) is 0. The molecule has 2 N–H and O–H groups in total. The number of hydrogen-bond donors (Lipinski definition) is 2. The second-order valence-electron chi connectivity index (χ2n) is 5.15. The van der Waals surface area contributed by atoms with Crippen LogP contribution in [0, 0.1) is 18.3 Å². The minimum atomic E-state index is -0.210. The number of amides is 2. The van der Waals surface area contributed by atoms with Crippen LogP contribution in [0.4, 0.5) is 11.4 Å². The van der Waals surface area contributed by atoms with Gasteiger partial charge in [-0.25, -0.2) is 0 Å². The summed E-state index contributed by atoms with van der Waals surface area (Å²) >= 11 is 1.23. The number of carbonyl (C=O) groups is 2. The largest absolute Gasteiger partial charge is 0.325 e. The van der Waals surface area contributed by atoms with Crippen LogP contribution in [0.15, 0.2) is 48.5 Å². The van der Waals surface area contributed by atoms with Crippen LogP contribution in [0.2, 0.25) is 0 Å². The first-order chi connectivity index (χ1) is 11.6. The minimum absolute atomic E-state index is 0.148. The van der Waals surface area contributed by atoms with Crippen LogP contribution in [-0.2, 0) is 9.59 Å². The van der Waals surface area contributed by atoms with E-state index in [-0.39, 0.29) is 23.3 Å². The highest BCUT2D eigenvalue weighted by Gasteiger charge is 2.07. The average molecular weight is 339 g/mol. The van der Waals surface area contributed by atoms with Crippen molar-refractivity contribution in [2.75, 3.05) is 22.1 Å². The Morgan fingerprint density at radius 2 is 1.58 bits per heavy atom. The van der Waals surface area contributed by atoms with E-state index in [2.05, 4.69) is 10.6 Å². The molecule has 2 amide bonds. The number of nitrogens with zero attached hydrogens (tertiary/aromatic N) is 1. The second-order valence-corrected chi connectivity index (χ2v) is 6.14. The molecule has 5 nitrogen and oxygen atoms in total. The fraction of sp³-hybridized carbons (Fsp3) is 0.167. The lowest BCUT2D eigenvalue weighted by atomic mass is 10.2. The monoisotopic (exact) mass is 339 g/mol. The van der Waals surface area contributed by atoms with E-state index in [4.69, 9.17) is 5.26 Å². The number of nitriles is 1. The quantitative estimate of drug-likeness (QED) is 0.847. The Bertz CT molecular complexity index is 784. The molecule has 2 aromatic rings. The number of aryl methyl sites for hydroxylation is 1. The standard InChI is InChI=1S/C18H17N3O2S/c1-13-4-2-6-15(8-13)20-17(22)11-24-12-18(23)21-16-7-3-5-14(9-16)10-19/h2-9H,11-12H2,1H3,(H,20,22)(H,21,23). The SMILES string of the molecule is Cc1cccc(NC(=O)CSCC(=O)Nc2cccc(C#N)c2)c1. The molecule has 0 atom stereocenters. The van der Waals surface area contributed by atoms with E-state index in [1.54, 1.807) is 24.3 Å². The van der Waals surface area contributed by atoms with E-state index in [9.17, 15) is 9.59 Å².